The number of carbonyl (C=O) groups is 2. The third kappa shape index (κ3) is 4.55. The lowest BCUT2D eigenvalue weighted by atomic mass is 9.95. The van der Waals surface area contributed by atoms with Crippen molar-refractivity contribution in [2.75, 3.05) is 39.0 Å². The van der Waals surface area contributed by atoms with Crippen LogP contribution in [0.25, 0.3) is 0 Å². The number of aryl methyl sites for hydroxylation is 1. The molecular formula is C18H27N3O2. The number of benzene rings is 1. The van der Waals surface area contributed by atoms with E-state index in [2.05, 4.69) is 10.2 Å². The first-order valence-electron chi connectivity index (χ1n) is 8.18. The lowest BCUT2D eigenvalue weighted by molar-refractivity contribution is -0.134. The van der Waals surface area contributed by atoms with Crippen LogP contribution in [0.3, 0.4) is 0 Å². The van der Waals surface area contributed by atoms with E-state index in [9.17, 15) is 9.59 Å². The van der Waals surface area contributed by atoms with Gasteiger partial charge in [-0.1, -0.05) is 12.1 Å². The van der Waals surface area contributed by atoms with Crippen molar-refractivity contribution in [2.24, 2.45) is 5.92 Å². The number of carbonyl (C=O) groups excluding carboxylic acids is 2. The van der Waals surface area contributed by atoms with Crippen LogP contribution in [-0.2, 0) is 9.59 Å². The van der Waals surface area contributed by atoms with Crippen molar-refractivity contribution < 1.29 is 9.59 Å². The molecule has 0 aliphatic carbocycles. The number of amides is 2. The highest BCUT2D eigenvalue weighted by atomic mass is 16.2. The fourth-order valence-corrected chi connectivity index (χ4v) is 2.98. The summed E-state index contributed by atoms with van der Waals surface area (Å²) in [5, 5.41) is 2.99. The largest absolute Gasteiger partial charge is 0.349 e. The number of piperidine rings is 1. The second-order valence-electron chi connectivity index (χ2n) is 6.58. The molecule has 5 nitrogen and oxygen atoms in total. The first kappa shape index (κ1) is 17.5. The van der Waals surface area contributed by atoms with Crippen molar-refractivity contribution in [1.29, 1.82) is 0 Å². The maximum Gasteiger partial charge on any atom is 0.238 e. The Bertz CT molecular complexity index is 576. The molecule has 0 unspecified atom stereocenters. The molecule has 1 aromatic carbocycles. The van der Waals surface area contributed by atoms with E-state index >= 15 is 0 Å². The first-order valence-corrected chi connectivity index (χ1v) is 8.18. The second-order valence-corrected chi connectivity index (χ2v) is 6.58. The van der Waals surface area contributed by atoms with E-state index < -0.39 is 0 Å². The average Bonchev–Trinajstić information content (AvgIpc) is 2.52. The van der Waals surface area contributed by atoms with E-state index in [1.165, 1.54) is 5.56 Å². The SMILES string of the molecule is Cc1cccc(NC(=O)CN2CCC(C(=O)N(C)C)CC2)c1C. The van der Waals surface area contributed by atoms with Gasteiger partial charge in [0.2, 0.25) is 11.8 Å². The topological polar surface area (TPSA) is 52.7 Å². The van der Waals surface area contributed by atoms with Crippen LogP contribution in [0.2, 0.25) is 0 Å². The molecule has 23 heavy (non-hydrogen) atoms. The third-order valence-corrected chi connectivity index (χ3v) is 4.62. The zero-order valence-electron chi connectivity index (χ0n) is 14.6. The molecule has 0 aromatic heterocycles. The fraction of sp³-hybridized carbons (Fsp3) is 0.556. The number of nitrogens with one attached hydrogen (secondary N) is 1. The van der Waals surface area contributed by atoms with Crippen LogP contribution in [0.5, 0.6) is 0 Å². The summed E-state index contributed by atoms with van der Waals surface area (Å²) >= 11 is 0. The molecule has 1 saturated heterocycles. The van der Waals surface area contributed by atoms with Gasteiger partial charge in [0.1, 0.15) is 0 Å². The Morgan fingerprint density at radius 1 is 1.22 bits per heavy atom. The summed E-state index contributed by atoms with van der Waals surface area (Å²) in [5.41, 5.74) is 3.16. The number of likely N-dealkylation sites (tertiary alicyclic amines) is 1. The van der Waals surface area contributed by atoms with Gasteiger partial charge in [0, 0.05) is 25.7 Å². The summed E-state index contributed by atoms with van der Waals surface area (Å²) < 4.78 is 0. The fourth-order valence-electron chi connectivity index (χ4n) is 2.98. The van der Waals surface area contributed by atoms with Gasteiger partial charge in [-0.15, -0.1) is 0 Å². The minimum atomic E-state index is 0.0103. The van der Waals surface area contributed by atoms with Gasteiger partial charge in [0.25, 0.3) is 0 Å². The Morgan fingerprint density at radius 2 is 1.87 bits per heavy atom. The monoisotopic (exact) mass is 317 g/mol. The van der Waals surface area contributed by atoms with Gasteiger partial charge in [-0.3, -0.25) is 14.5 Å². The van der Waals surface area contributed by atoms with Crippen molar-refractivity contribution in [3.05, 3.63) is 29.3 Å². The minimum absolute atomic E-state index is 0.0103. The third-order valence-electron chi connectivity index (χ3n) is 4.62. The molecule has 126 valence electrons. The molecule has 1 aliphatic rings. The van der Waals surface area contributed by atoms with Gasteiger partial charge in [-0.05, 0) is 57.0 Å². The summed E-state index contributed by atoms with van der Waals surface area (Å²) in [5.74, 6) is 0.309. The molecule has 2 amide bonds. The number of anilines is 1. The minimum Gasteiger partial charge on any atom is -0.349 e. The van der Waals surface area contributed by atoms with Crippen LogP contribution in [0, 0.1) is 19.8 Å². The van der Waals surface area contributed by atoms with Gasteiger partial charge in [0.15, 0.2) is 0 Å². The van der Waals surface area contributed by atoms with Crippen molar-refractivity contribution >= 4 is 17.5 Å². The first-order chi connectivity index (χ1) is 10.9. The molecule has 0 saturated carbocycles. The maximum atomic E-state index is 12.2. The quantitative estimate of drug-likeness (QED) is 0.924. The van der Waals surface area contributed by atoms with Crippen molar-refractivity contribution in [3.8, 4) is 0 Å². The molecule has 0 spiro atoms. The van der Waals surface area contributed by atoms with Gasteiger partial charge in [0.05, 0.1) is 6.54 Å². The smallest absolute Gasteiger partial charge is 0.238 e. The van der Waals surface area contributed by atoms with E-state index in [0.717, 1.165) is 37.2 Å². The van der Waals surface area contributed by atoms with Crippen LogP contribution in [0.15, 0.2) is 18.2 Å². The molecule has 1 aromatic rings. The Balaban J connectivity index is 1.83. The zero-order valence-corrected chi connectivity index (χ0v) is 14.6. The predicted octanol–water partition coefficient (Wildman–Crippen LogP) is 2.04. The number of hydrogen-bond acceptors (Lipinski definition) is 3. The zero-order chi connectivity index (χ0) is 17.0. The van der Waals surface area contributed by atoms with Crippen molar-refractivity contribution in [2.45, 2.75) is 26.7 Å². The molecule has 0 atom stereocenters. The van der Waals surface area contributed by atoms with Crippen LogP contribution in [0.1, 0.15) is 24.0 Å². The van der Waals surface area contributed by atoms with Gasteiger partial charge in [-0.2, -0.15) is 0 Å². The lowest BCUT2D eigenvalue weighted by Gasteiger charge is -2.31. The van der Waals surface area contributed by atoms with Gasteiger partial charge in [-0.25, -0.2) is 0 Å². The summed E-state index contributed by atoms with van der Waals surface area (Å²) in [4.78, 5) is 28.0. The van der Waals surface area contributed by atoms with Crippen LogP contribution in [-0.4, -0.2) is 55.3 Å². The van der Waals surface area contributed by atoms with E-state index in [1.54, 1.807) is 19.0 Å². The van der Waals surface area contributed by atoms with Crippen molar-refractivity contribution in [3.63, 3.8) is 0 Å². The molecule has 1 fully saturated rings. The highest BCUT2D eigenvalue weighted by Crippen LogP contribution is 2.20. The summed E-state index contributed by atoms with van der Waals surface area (Å²) in [6.07, 6.45) is 1.65. The van der Waals surface area contributed by atoms with Crippen LogP contribution >= 0.6 is 0 Å². The van der Waals surface area contributed by atoms with E-state index in [1.807, 2.05) is 32.0 Å². The standard InChI is InChI=1S/C18H27N3O2/c1-13-6-5-7-16(14(13)2)19-17(22)12-21-10-8-15(9-11-21)18(23)20(3)4/h5-7,15H,8-12H2,1-4H3,(H,19,22). The van der Waals surface area contributed by atoms with E-state index in [-0.39, 0.29) is 17.7 Å². The molecular weight excluding hydrogens is 290 g/mol. The highest BCUT2D eigenvalue weighted by Gasteiger charge is 2.26. The Morgan fingerprint density at radius 3 is 2.48 bits per heavy atom. The summed E-state index contributed by atoms with van der Waals surface area (Å²) in [6, 6.07) is 5.93. The maximum absolute atomic E-state index is 12.2. The molecule has 1 aliphatic heterocycles. The normalized spacial score (nSPS) is 16.2. The lowest BCUT2D eigenvalue weighted by Crippen LogP contribution is -2.43. The molecule has 1 heterocycles. The van der Waals surface area contributed by atoms with Gasteiger partial charge < -0.3 is 10.2 Å². The Labute approximate surface area is 138 Å². The Kier molecular flexibility index (Phi) is 5.77. The van der Waals surface area contributed by atoms with Gasteiger partial charge >= 0.3 is 0 Å². The second kappa shape index (κ2) is 7.59. The summed E-state index contributed by atoms with van der Waals surface area (Å²) in [6.45, 7) is 6.03. The van der Waals surface area contributed by atoms with E-state index in [4.69, 9.17) is 0 Å². The average molecular weight is 317 g/mol. The number of nitrogens with zero attached hydrogens (tertiary/aromatic N) is 2. The molecule has 5 heteroatoms. The number of hydrogen-bond donors (Lipinski definition) is 1. The number of rotatable bonds is 4. The molecule has 0 radical (unpaired) electrons. The van der Waals surface area contributed by atoms with Crippen LogP contribution < -0.4 is 5.32 Å². The van der Waals surface area contributed by atoms with Crippen molar-refractivity contribution in [1.82, 2.24) is 9.80 Å². The van der Waals surface area contributed by atoms with Crippen LogP contribution in [0.4, 0.5) is 5.69 Å². The molecule has 2 rings (SSSR count). The highest BCUT2D eigenvalue weighted by molar-refractivity contribution is 5.93. The predicted molar refractivity (Wildman–Crippen MR) is 92.4 cm³/mol. The molecule has 1 N–H and O–H groups in total. The van der Waals surface area contributed by atoms with E-state index in [0.29, 0.717) is 6.54 Å². The molecule has 0 bridgehead atoms. The summed E-state index contributed by atoms with van der Waals surface area (Å²) in [7, 11) is 3.60. The Hall–Kier alpha value is -1.88.